The van der Waals surface area contributed by atoms with E-state index in [0.29, 0.717) is 11.3 Å². The topological polar surface area (TPSA) is 58.6 Å². The van der Waals surface area contributed by atoms with Crippen LogP contribution in [0.5, 0.6) is 5.75 Å². The van der Waals surface area contributed by atoms with Crippen molar-refractivity contribution in [2.75, 3.05) is 11.9 Å². The highest BCUT2D eigenvalue weighted by Gasteiger charge is 2.39. The van der Waals surface area contributed by atoms with E-state index in [-0.39, 0.29) is 35.5 Å². The van der Waals surface area contributed by atoms with Gasteiger partial charge in [-0.2, -0.15) is 13.2 Å². The lowest BCUT2D eigenvalue weighted by Crippen LogP contribution is -2.35. The van der Waals surface area contributed by atoms with Crippen LogP contribution in [-0.4, -0.2) is 29.4 Å². The lowest BCUT2D eigenvalue weighted by molar-refractivity contribution is -0.138. The highest BCUT2D eigenvalue weighted by atomic mass is 19.4. The molecule has 5 nitrogen and oxygen atoms in total. The van der Waals surface area contributed by atoms with Gasteiger partial charge in [0, 0.05) is 12.2 Å². The molecule has 1 aliphatic heterocycles. The van der Waals surface area contributed by atoms with E-state index >= 15 is 0 Å². The summed E-state index contributed by atoms with van der Waals surface area (Å²) in [7, 11) is 0. The number of carbonyl (C=O) groups is 2. The third kappa shape index (κ3) is 5.12. The summed E-state index contributed by atoms with van der Waals surface area (Å²) in [5, 5.41) is 2.77. The Morgan fingerprint density at radius 1 is 0.969 bits per heavy atom. The van der Waals surface area contributed by atoms with Crippen molar-refractivity contribution < 1.29 is 27.5 Å². The first kappa shape index (κ1) is 23.4. The first-order valence-corrected chi connectivity index (χ1v) is 10.3. The van der Waals surface area contributed by atoms with Gasteiger partial charge < -0.3 is 10.1 Å². The van der Waals surface area contributed by atoms with Gasteiger partial charge in [0.05, 0.1) is 17.2 Å². The molecule has 8 heteroatoms. The molecule has 2 aromatic rings. The molecule has 0 unspecified atom stereocenters. The molecule has 2 amide bonds. The largest absolute Gasteiger partial charge is 0.491 e. The van der Waals surface area contributed by atoms with Gasteiger partial charge in [-0.15, -0.1) is 0 Å². The molecule has 0 saturated carbocycles. The second-order valence-corrected chi connectivity index (χ2v) is 8.26. The molecule has 32 heavy (non-hydrogen) atoms. The molecule has 0 saturated heterocycles. The maximum absolute atomic E-state index is 13.1. The van der Waals surface area contributed by atoms with Crippen LogP contribution in [0.3, 0.4) is 0 Å². The Kier molecular flexibility index (Phi) is 6.62. The van der Waals surface area contributed by atoms with E-state index in [2.05, 4.69) is 5.32 Å². The minimum atomic E-state index is -4.53. The standard InChI is InChI=1S/C24H25F3N2O3/c1-14(2)13-29-22(30)20(16-8-10-19(11-9-16)32-15(3)4)21(23(29)31)28-18-7-5-6-17(12-18)24(25,26)27/h5-12,14-15,28H,13H2,1-4H3. The number of imide groups is 1. The summed E-state index contributed by atoms with van der Waals surface area (Å²) in [5.41, 5.74) is -0.243. The van der Waals surface area contributed by atoms with E-state index in [4.69, 9.17) is 4.74 Å². The lowest BCUT2D eigenvalue weighted by atomic mass is 10.0. The smallest absolute Gasteiger partial charge is 0.416 e. The van der Waals surface area contributed by atoms with Crippen molar-refractivity contribution in [3.8, 4) is 5.75 Å². The minimum Gasteiger partial charge on any atom is -0.491 e. The maximum Gasteiger partial charge on any atom is 0.416 e. The number of carbonyl (C=O) groups excluding carboxylic acids is 2. The molecule has 1 N–H and O–H groups in total. The van der Waals surface area contributed by atoms with Crippen molar-refractivity contribution in [1.82, 2.24) is 4.90 Å². The number of alkyl halides is 3. The van der Waals surface area contributed by atoms with Gasteiger partial charge in [-0.05, 0) is 55.7 Å². The fourth-order valence-corrected chi connectivity index (χ4v) is 3.38. The Labute approximate surface area is 184 Å². The molecule has 0 fully saturated rings. The van der Waals surface area contributed by atoms with E-state index in [1.807, 2.05) is 27.7 Å². The second-order valence-electron chi connectivity index (χ2n) is 8.26. The molecule has 0 aliphatic carbocycles. The van der Waals surface area contributed by atoms with Gasteiger partial charge in [0.15, 0.2) is 0 Å². The Morgan fingerprint density at radius 3 is 2.19 bits per heavy atom. The Bertz CT molecular complexity index is 1040. The Hall–Kier alpha value is -3.29. The first-order valence-electron chi connectivity index (χ1n) is 10.3. The summed E-state index contributed by atoms with van der Waals surface area (Å²) in [6.45, 7) is 7.71. The van der Waals surface area contributed by atoms with Gasteiger partial charge in [-0.25, -0.2) is 0 Å². The molecule has 2 aromatic carbocycles. The Balaban J connectivity index is 2.03. The van der Waals surface area contributed by atoms with E-state index in [9.17, 15) is 22.8 Å². The zero-order valence-electron chi connectivity index (χ0n) is 18.3. The molecule has 1 aliphatic rings. The minimum absolute atomic E-state index is 0.0267. The number of hydrogen-bond acceptors (Lipinski definition) is 4. The van der Waals surface area contributed by atoms with Gasteiger partial charge >= 0.3 is 6.18 Å². The number of nitrogens with zero attached hydrogens (tertiary/aromatic N) is 1. The lowest BCUT2D eigenvalue weighted by Gasteiger charge is -2.17. The SMILES string of the molecule is CC(C)CN1C(=O)C(Nc2cccc(C(F)(F)F)c2)=C(c2ccc(OC(C)C)cc2)C1=O. The molecule has 3 rings (SSSR count). The van der Waals surface area contributed by atoms with Crippen LogP contribution in [0.2, 0.25) is 0 Å². The predicted octanol–water partition coefficient (Wildman–Crippen LogP) is 5.34. The summed E-state index contributed by atoms with van der Waals surface area (Å²) in [6.07, 6.45) is -4.56. The van der Waals surface area contributed by atoms with Crippen molar-refractivity contribution >= 4 is 23.1 Å². The number of ether oxygens (including phenoxy) is 1. The van der Waals surface area contributed by atoms with Crippen molar-refractivity contribution in [3.63, 3.8) is 0 Å². The normalized spacial score (nSPS) is 14.7. The number of nitrogens with one attached hydrogen (secondary N) is 1. The van der Waals surface area contributed by atoms with Gasteiger partial charge in [0.2, 0.25) is 0 Å². The van der Waals surface area contributed by atoms with E-state index in [0.717, 1.165) is 17.0 Å². The third-order valence-electron chi connectivity index (χ3n) is 4.69. The zero-order chi connectivity index (χ0) is 23.6. The molecule has 0 bridgehead atoms. The fraction of sp³-hybridized carbons (Fsp3) is 0.333. The summed E-state index contributed by atoms with van der Waals surface area (Å²) in [6, 6.07) is 11.2. The monoisotopic (exact) mass is 446 g/mol. The van der Waals surface area contributed by atoms with Gasteiger partial charge in [0.25, 0.3) is 11.8 Å². The van der Waals surface area contributed by atoms with Crippen molar-refractivity contribution in [1.29, 1.82) is 0 Å². The predicted molar refractivity (Wildman–Crippen MR) is 116 cm³/mol. The molecular formula is C24H25F3N2O3. The van der Waals surface area contributed by atoms with Gasteiger partial charge in [0.1, 0.15) is 11.4 Å². The van der Waals surface area contributed by atoms with Crippen LogP contribution >= 0.6 is 0 Å². The average Bonchev–Trinajstić information content (AvgIpc) is 2.92. The molecule has 1 heterocycles. The number of hydrogen-bond donors (Lipinski definition) is 1. The second kappa shape index (κ2) is 9.06. The summed E-state index contributed by atoms with van der Waals surface area (Å²) < 4.78 is 45.0. The van der Waals surface area contributed by atoms with Crippen molar-refractivity contribution in [2.24, 2.45) is 5.92 Å². The van der Waals surface area contributed by atoms with Crippen molar-refractivity contribution in [2.45, 2.75) is 40.0 Å². The molecule has 170 valence electrons. The van der Waals surface area contributed by atoms with Crippen LogP contribution in [0.1, 0.15) is 38.8 Å². The summed E-state index contributed by atoms with van der Waals surface area (Å²) >= 11 is 0. The molecule has 0 aromatic heterocycles. The zero-order valence-corrected chi connectivity index (χ0v) is 18.3. The van der Waals surface area contributed by atoms with Crippen LogP contribution in [-0.2, 0) is 15.8 Å². The number of rotatable bonds is 7. The number of anilines is 1. The quantitative estimate of drug-likeness (QED) is 0.584. The van der Waals surface area contributed by atoms with E-state index in [1.54, 1.807) is 24.3 Å². The fourth-order valence-electron chi connectivity index (χ4n) is 3.38. The van der Waals surface area contributed by atoms with Gasteiger partial charge in [-0.1, -0.05) is 32.0 Å². The highest BCUT2D eigenvalue weighted by molar-refractivity contribution is 6.36. The number of amides is 2. The van der Waals surface area contributed by atoms with Crippen molar-refractivity contribution in [3.05, 3.63) is 65.4 Å². The van der Waals surface area contributed by atoms with Crippen LogP contribution < -0.4 is 10.1 Å². The van der Waals surface area contributed by atoms with E-state index < -0.39 is 23.6 Å². The summed E-state index contributed by atoms with van der Waals surface area (Å²) in [4.78, 5) is 27.3. The highest BCUT2D eigenvalue weighted by Crippen LogP contribution is 2.34. The summed E-state index contributed by atoms with van der Waals surface area (Å²) in [5.74, 6) is -0.430. The molecular weight excluding hydrogens is 421 g/mol. The number of halogens is 3. The third-order valence-corrected chi connectivity index (χ3v) is 4.69. The average molecular weight is 446 g/mol. The maximum atomic E-state index is 13.1. The van der Waals surface area contributed by atoms with Crippen LogP contribution in [0.4, 0.5) is 18.9 Å². The molecule has 0 atom stereocenters. The Morgan fingerprint density at radius 2 is 1.62 bits per heavy atom. The van der Waals surface area contributed by atoms with Gasteiger partial charge in [-0.3, -0.25) is 14.5 Å². The molecule has 0 radical (unpaired) electrons. The number of benzene rings is 2. The van der Waals surface area contributed by atoms with Crippen LogP contribution in [0.25, 0.3) is 5.57 Å². The van der Waals surface area contributed by atoms with Crippen LogP contribution in [0, 0.1) is 5.92 Å². The molecule has 0 spiro atoms. The van der Waals surface area contributed by atoms with Crippen LogP contribution in [0.15, 0.2) is 54.2 Å². The van der Waals surface area contributed by atoms with E-state index in [1.165, 1.54) is 12.1 Å². The first-order chi connectivity index (χ1) is 15.0.